The van der Waals surface area contributed by atoms with Crippen LogP contribution in [0.15, 0.2) is 11.8 Å². The van der Waals surface area contributed by atoms with Gasteiger partial charge in [-0.05, 0) is 43.7 Å². The lowest BCUT2D eigenvalue weighted by Gasteiger charge is -2.41. The van der Waals surface area contributed by atoms with E-state index < -0.39 is 0 Å². The van der Waals surface area contributed by atoms with Crippen LogP contribution in [0.25, 0.3) is 0 Å². The first-order chi connectivity index (χ1) is 7.76. The first kappa shape index (κ1) is 12.0. The molecule has 0 aliphatic carbocycles. The maximum Gasteiger partial charge on any atom is 0.0876 e. The van der Waals surface area contributed by atoms with E-state index in [1.54, 1.807) is 0 Å². The minimum Gasteiger partial charge on any atom is -0.501 e. The maximum atomic E-state index is 5.55. The highest BCUT2D eigenvalue weighted by atomic mass is 16.5. The topological polar surface area (TPSA) is 21.3 Å². The zero-order valence-electron chi connectivity index (χ0n) is 10.7. The molecule has 2 heteroatoms. The summed E-state index contributed by atoms with van der Waals surface area (Å²) in [5.74, 6) is 0.651. The van der Waals surface area contributed by atoms with E-state index >= 15 is 0 Å². The fraction of sp³-hybridized carbons (Fsp3) is 0.857. The third kappa shape index (κ3) is 2.27. The molecule has 2 aliphatic heterocycles. The van der Waals surface area contributed by atoms with Crippen LogP contribution in [-0.2, 0) is 4.74 Å². The van der Waals surface area contributed by atoms with Crippen LogP contribution in [0, 0.1) is 5.92 Å². The largest absolute Gasteiger partial charge is 0.501 e. The molecule has 2 aliphatic rings. The van der Waals surface area contributed by atoms with E-state index in [1.807, 2.05) is 6.26 Å². The molecular weight excluding hydrogens is 198 g/mol. The average Bonchev–Trinajstić information content (AvgIpc) is 2.56. The molecule has 2 nitrogen and oxygen atoms in total. The Morgan fingerprint density at radius 1 is 1.25 bits per heavy atom. The Balaban J connectivity index is 2.21. The van der Waals surface area contributed by atoms with Crippen LogP contribution in [0.5, 0.6) is 0 Å². The van der Waals surface area contributed by atoms with Gasteiger partial charge in [0.2, 0.25) is 0 Å². The van der Waals surface area contributed by atoms with Gasteiger partial charge in [-0.3, -0.25) is 0 Å². The van der Waals surface area contributed by atoms with Gasteiger partial charge in [0.15, 0.2) is 0 Å². The highest BCUT2D eigenvalue weighted by Gasteiger charge is 2.38. The molecule has 0 bridgehead atoms. The van der Waals surface area contributed by atoms with Crippen LogP contribution < -0.4 is 5.32 Å². The van der Waals surface area contributed by atoms with Crippen molar-refractivity contribution in [1.29, 1.82) is 0 Å². The quantitative estimate of drug-likeness (QED) is 0.776. The smallest absolute Gasteiger partial charge is 0.0876 e. The molecule has 1 unspecified atom stereocenters. The van der Waals surface area contributed by atoms with E-state index in [0.29, 0.717) is 5.92 Å². The number of hydrogen-bond donors (Lipinski definition) is 1. The van der Waals surface area contributed by atoms with Gasteiger partial charge in [0, 0.05) is 5.54 Å². The summed E-state index contributed by atoms with van der Waals surface area (Å²) in [6.07, 6.45) is 9.76. The summed E-state index contributed by atoms with van der Waals surface area (Å²) in [6, 6.07) is 0. The van der Waals surface area contributed by atoms with Crippen molar-refractivity contribution in [3.8, 4) is 0 Å². The van der Waals surface area contributed by atoms with E-state index in [9.17, 15) is 0 Å². The van der Waals surface area contributed by atoms with Gasteiger partial charge < -0.3 is 10.1 Å². The molecule has 92 valence electrons. The molecule has 0 aromatic heterocycles. The van der Waals surface area contributed by atoms with E-state index in [2.05, 4.69) is 19.2 Å². The number of hydrogen-bond acceptors (Lipinski definition) is 2. The molecular formula is C14H25NO. The van der Waals surface area contributed by atoms with Crippen molar-refractivity contribution in [1.82, 2.24) is 5.32 Å². The SMILES string of the molecule is CC(C)C1(C2=COCCC2)CCCCCN1. The van der Waals surface area contributed by atoms with Gasteiger partial charge in [0.25, 0.3) is 0 Å². The van der Waals surface area contributed by atoms with Crippen molar-refractivity contribution < 1.29 is 4.74 Å². The number of nitrogens with one attached hydrogen (secondary N) is 1. The molecule has 0 aromatic carbocycles. The lowest BCUT2D eigenvalue weighted by molar-refractivity contribution is 0.189. The van der Waals surface area contributed by atoms with E-state index in [4.69, 9.17) is 4.74 Å². The van der Waals surface area contributed by atoms with Crippen molar-refractivity contribution in [2.45, 2.75) is 57.9 Å². The third-order valence-corrected chi connectivity index (χ3v) is 4.18. The maximum absolute atomic E-state index is 5.55. The highest BCUT2D eigenvalue weighted by molar-refractivity contribution is 5.21. The van der Waals surface area contributed by atoms with Crippen LogP contribution >= 0.6 is 0 Å². The molecule has 0 saturated carbocycles. The van der Waals surface area contributed by atoms with Gasteiger partial charge in [-0.1, -0.05) is 26.7 Å². The summed E-state index contributed by atoms with van der Waals surface area (Å²) in [6.45, 7) is 6.74. The van der Waals surface area contributed by atoms with E-state index in [0.717, 1.165) is 13.2 Å². The molecule has 0 spiro atoms. The fourth-order valence-corrected chi connectivity index (χ4v) is 3.14. The van der Waals surface area contributed by atoms with Crippen molar-refractivity contribution in [2.24, 2.45) is 5.92 Å². The fourth-order valence-electron chi connectivity index (χ4n) is 3.14. The summed E-state index contributed by atoms with van der Waals surface area (Å²) >= 11 is 0. The monoisotopic (exact) mass is 223 g/mol. The molecule has 1 atom stereocenters. The number of rotatable bonds is 2. The second-order valence-corrected chi connectivity index (χ2v) is 5.48. The van der Waals surface area contributed by atoms with Crippen molar-refractivity contribution in [3.05, 3.63) is 11.8 Å². The Labute approximate surface area is 99.4 Å². The van der Waals surface area contributed by atoms with Gasteiger partial charge in [0.1, 0.15) is 0 Å². The Morgan fingerprint density at radius 3 is 2.81 bits per heavy atom. The zero-order valence-corrected chi connectivity index (χ0v) is 10.7. The normalized spacial score (nSPS) is 31.8. The molecule has 1 fully saturated rings. The van der Waals surface area contributed by atoms with Crippen LogP contribution in [0.3, 0.4) is 0 Å². The Morgan fingerprint density at radius 2 is 2.12 bits per heavy atom. The lowest BCUT2D eigenvalue weighted by Crippen LogP contribution is -2.51. The first-order valence-corrected chi connectivity index (χ1v) is 6.82. The summed E-state index contributed by atoms with van der Waals surface area (Å²) in [5, 5.41) is 3.82. The van der Waals surface area contributed by atoms with Gasteiger partial charge >= 0.3 is 0 Å². The average molecular weight is 223 g/mol. The minimum absolute atomic E-state index is 0.219. The molecule has 16 heavy (non-hydrogen) atoms. The summed E-state index contributed by atoms with van der Waals surface area (Å²) in [7, 11) is 0. The number of ether oxygens (including phenoxy) is 1. The molecule has 2 rings (SSSR count). The highest BCUT2D eigenvalue weighted by Crippen LogP contribution is 2.37. The molecule has 1 saturated heterocycles. The molecule has 0 amide bonds. The molecule has 0 radical (unpaired) electrons. The second-order valence-electron chi connectivity index (χ2n) is 5.48. The van der Waals surface area contributed by atoms with Gasteiger partial charge in [-0.2, -0.15) is 0 Å². The van der Waals surface area contributed by atoms with E-state index in [1.165, 1.54) is 44.1 Å². The van der Waals surface area contributed by atoms with E-state index in [-0.39, 0.29) is 5.54 Å². The summed E-state index contributed by atoms with van der Waals surface area (Å²) in [5.41, 5.74) is 1.73. The van der Waals surface area contributed by atoms with Crippen molar-refractivity contribution >= 4 is 0 Å². The summed E-state index contributed by atoms with van der Waals surface area (Å²) < 4.78 is 5.55. The third-order valence-electron chi connectivity index (χ3n) is 4.18. The van der Waals surface area contributed by atoms with Crippen LogP contribution in [0.2, 0.25) is 0 Å². The van der Waals surface area contributed by atoms with Crippen LogP contribution in [0.1, 0.15) is 52.4 Å². The second kappa shape index (κ2) is 5.22. The van der Waals surface area contributed by atoms with Crippen LogP contribution in [-0.4, -0.2) is 18.7 Å². The Hall–Kier alpha value is -0.500. The predicted octanol–water partition coefficient (Wildman–Crippen LogP) is 3.24. The molecule has 2 heterocycles. The molecule has 0 aromatic rings. The zero-order chi connectivity index (χ0) is 11.4. The van der Waals surface area contributed by atoms with Crippen LogP contribution in [0.4, 0.5) is 0 Å². The minimum atomic E-state index is 0.219. The first-order valence-electron chi connectivity index (χ1n) is 6.82. The van der Waals surface area contributed by atoms with Gasteiger partial charge in [-0.15, -0.1) is 0 Å². The van der Waals surface area contributed by atoms with Crippen molar-refractivity contribution in [2.75, 3.05) is 13.2 Å². The lowest BCUT2D eigenvalue weighted by atomic mass is 9.75. The molecule has 1 N–H and O–H groups in total. The van der Waals surface area contributed by atoms with Gasteiger partial charge in [-0.25, -0.2) is 0 Å². The standard InChI is InChI=1S/C14H25NO/c1-12(2)14(8-4-3-5-9-15-14)13-7-6-10-16-11-13/h11-12,15H,3-10H2,1-2H3. The summed E-state index contributed by atoms with van der Waals surface area (Å²) in [4.78, 5) is 0. The van der Waals surface area contributed by atoms with Gasteiger partial charge in [0.05, 0.1) is 12.9 Å². The predicted molar refractivity (Wildman–Crippen MR) is 67.3 cm³/mol. The Kier molecular flexibility index (Phi) is 3.91. The Bertz CT molecular complexity index is 249. The van der Waals surface area contributed by atoms with Crippen molar-refractivity contribution in [3.63, 3.8) is 0 Å².